The van der Waals surface area contributed by atoms with E-state index in [0.29, 0.717) is 21.8 Å². The molecule has 3 aromatic rings. The Morgan fingerprint density at radius 3 is 2.53 bits per heavy atom. The van der Waals surface area contributed by atoms with Crippen LogP contribution in [0.25, 0.3) is 5.76 Å². The number of allylic oxidation sites excluding steroid dienone is 2. The number of hydrogen-bond acceptors (Lipinski definition) is 5. The second-order valence-corrected chi connectivity index (χ2v) is 10.5. The molecule has 0 aliphatic carbocycles. The van der Waals surface area contributed by atoms with Crippen LogP contribution in [0.15, 0.2) is 89.2 Å². The standard InChI is InChI=1S/C26H20ClN3O3S/c1-16-5-4-6-18(13-16)23-21(14-28)26(29)33-24-20-7-2-3-8-22(20)30(34(31,32)25(23)24)15-17-9-11-19(27)12-10-17/h2-13,23H,15,29H2,1H3/t23-/m0/s1. The average Bonchev–Trinajstić information content (AvgIpc) is 2.82. The molecule has 0 bridgehead atoms. The van der Waals surface area contributed by atoms with E-state index >= 15 is 0 Å². The number of hydrogen-bond donors (Lipinski definition) is 1. The van der Waals surface area contributed by atoms with Gasteiger partial charge in [-0.15, -0.1) is 0 Å². The fraction of sp³-hybridized carbons (Fsp3) is 0.115. The molecule has 8 heteroatoms. The third-order valence-corrected chi connectivity index (χ3v) is 8.11. The van der Waals surface area contributed by atoms with Crippen LogP contribution in [0.5, 0.6) is 0 Å². The minimum atomic E-state index is -4.11. The van der Waals surface area contributed by atoms with E-state index in [0.717, 1.165) is 11.1 Å². The topological polar surface area (TPSA) is 96.4 Å². The summed E-state index contributed by atoms with van der Waals surface area (Å²) in [5, 5.41) is 10.5. The molecule has 0 aromatic heterocycles. The number of benzene rings is 3. The van der Waals surface area contributed by atoms with E-state index in [1.807, 2.05) is 31.2 Å². The van der Waals surface area contributed by atoms with E-state index in [1.165, 1.54) is 4.31 Å². The van der Waals surface area contributed by atoms with E-state index in [9.17, 15) is 13.7 Å². The summed E-state index contributed by atoms with van der Waals surface area (Å²) in [6.45, 7) is 2.00. The van der Waals surface area contributed by atoms with Crippen LogP contribution < -0.4 is 10.0 Å². The molecule has 0 unspecified atom stereocenters. The van der Waals surface area contributed by atoms with Crippen LogP contribution in [0.1, 0.15) is 28.2 Å². The molecule has 0 amide bonds. The molecule has 1 atom stereocenters. The van der Waals surface area contributed by atoms with Crippen LogP contribution in [-0.2, 0) is 21.3 Å². The molecule has 0 saturated heterocycles. The van der Waals surface area contributed by atoms with Crippen molar-refractivity contribution in [3.05, 3.63) is 116 Å². The van der Waals surface area contributed by atoms with Gasteiger partial charge in [-0.25, -0.2) is 8.42 Å². The van der Waals surface area contributed by atoms with Gasteiger partial charge in [0, 0.05) is 10.6 Å². The zero-order chi connectivity index (χ0) is 24.0. The molecule has 170 valence electrons. The number of rotatable bonds is 3. The van der Waals surface area contributed by atoms with Crippen molar-refractivity contribution in [2.75, 3.05) is 4.31 Å². The van der Waals surface area contributed by atoms with Crippen LogP contribution in [0, 0.1) is 18.3 Å². The van der Waals surface area contributed by atoms with Gasteiger partial charge in [-0.05, 0) is 42.3 Å². The first-order valence-electron chi connectivity index (χ1n) is 10.6. The maximum absolute atomic E-state index is 14.2. The fourth-order valence-electron chi connectivity index (χ4n) is 4.42. The number of nitrogens with two attached hydrogens (primary N) is 1. The van der Waals surface area contributed by atoms with Crippen LogP contribution in [0.4, 0.5) is 5.69 Å². The van der Waals surface area contributed by atoms with Gasteiger partial charge in [0.15, 0.2) is 5.76 Å². The van der Waals surface area contributed by atoms with E-state index in [4.69, 9.17) is 22.1 Å². The summed E-state index contributed by atoms with van der Waals surface area (Å²) in [5.41, 5.74) is 9.67. The van der Waals surface area contributed by atoms with E-state index < -0.39 is 15.9 Å². The first-order chi connectivity index (χ1) is 16.3. The molecule has 6 nitrogen and oxygen atoms in total. The van der Waals surface area contributed by atoms with Gasteiger partial charge in [-0.3, -0.25) is 4.31 Å². The fourth-order valence-corrected chi connectivity index (χ4v) is 6.46. The largest absolute Gasteiger partial charge is 0.439 e. The SMILES string of the molecule is Cc1cccc([C@H]2C(C#N)=C(N)OC3=C2S(=O)(=O)N(Cc2ccc(Cl)cc2)c2ccccc23)c1. The summed E-state index contributed by atoms with van der Waals surface area (Å²) >= 11 is 6.02. The number of nitriles is 1. The van der Waals surface area contributed by atoms with Crippen LogP contribution >= 0.6 is 11.6 Å². The number of aryl methyl sites for hydroxylation is 1. The summed E-state index contributed by atoms with van der Waals surface area (Å²) in [7, 11) is -4.11. The van der Waals surface area contributed by atoms with Gasteiger partial charge in [-0.1, -0.05) is 65.7 Å². The zero-order valence-corrected chi connectivity index (χ0v) is 19.8. The van der Waals surface area contributed by atoms with E-state index in [2.05, 4.69) is 6.07 Å². The number of sulfonamides is 1. The molecule has 0 spiro atoms. The number of halogens is 1. The quantitative estimate of drug-likeness (QED) is 0.547. The number of nitrogens with zero attached hydrogens (tertiary/aromatic N) is 2. The summed E-state index contributed by atoms with van der Waals surface area (Å²) in [6.07, 6.45) is 0. The molecule has 2 aliphatic heterocycles. The predicted molar refractivity (Wildman–Crippen MR) is 132 cm³/mol. The molecule has 2 aliphatic rings. The lowest BCUT2D eigenvalue weighted by molar-refractivity contribution is 0.357. The normalized spacial score (nSPS) is 18.6. The smallest absolute Gasteiger partial charge is 0.265 e. The molecule has 3 aromatic carbocycles. The van der Waals surface area contributed by atoms with Crippen molar-refractivity contribution < 1.29 is 13.2 Å². The number of fused-ring (bicyclic) bond motifs is 2. The number of para-hydroxylation sites is 1. The summed E-state index contributed by atoms with van der Waals surface area (Å²) in [4.78, 5) is 0.0107. The van der Waals surface area contributed by atoms with E-state index in [1.54, 1.807) is 48.5 Å². The highest BCUT2D eigenvalue weighted by molar-refractivity contribution is 7.96. The summed E-state index contributed by atoms with van der Waals surface area (Å²) in [5.74, 6) is -0.824. The van der Waals surface area contributed by atoms with Gasteiger partial charge in [0.2, 0.25) is 5.88 Å². The monoisotopic (exact) mass is 489 g/mol. The highest BCUT2D eigenvalue weighted by Gasteiger charge is 2.47. The summed E-state index contributed by atoms with van der Waals surface area (Å²) < 4.78 is 35.6. The maximum Gasteiger partial charge on any atom is 0.265 e. The van der Waals surface area contributed by atoms with Crippen molar-refractivity contribution in [1.29, 1.82) is 5.26 Å². The first kappa shape index (κ1) is 22.1. The minimum absolute atomic E-state index is 0.0107. The maximum atomic E-state index is 14.2. The average molecular weight is 490 g/mol. The Morgan fingerprint density at radius 2 is 1.82 bits per heavy atom. The van der Waals surface area contributed by atoms with Crippen molar-refractivity contribution in [3.63, 3.8) is 0 Å². The van der Waals surface area contributed by atoms with Crippen LogP contribution in [0.3, 0.4) is 0 Å². The third kappa shape index (κ3) is 3.52. The lowest BCUT2D eigenvalue weighted by atomic mass is 9.87. The van der Waals surface area contributed by atoms with Crippen LogP contribution in [0.2, 0.25) is 5.02 Å². The van der Waals surface area contributed by atoms with Gasteiger partial charge >= 0.3 is 0 Å². The molecule has 0 saturated carbocycles. The Hall–Kier alpha value is -3.73. The lowest BCUT2D eigenvalue weighted by Crippen LogP contribution is -2.39. The Balaban J connectivity index is 1.76. The Morgan fingerprint density at radius 1 is 1.09 bits per heavy atom. The van der Waals surface area contributed by atoms with Gasteiger partial charge in [-0.2, -0.15) is 5.26 Å². The second-order valence-electron chi connectivity index (χ2n) is 8.19. The van der Waals surface area contributed by atoms with Crippen molar-refractivity contribution in [1.82, 2.24) is 0 Å². The Labute approximate surface area is 203 Å². The van der Waals surface area contributed by atoms with Gasteiger partial charge < -0.3 is 10.5 Å². The highest BCUT2D eigenvalue weighted by Crippen LogP contribution is 2.51. The van der Waals surface area contributed by atoms with Crippen molar-refractivity contribution in [2.45, 2.75) is 19.4 Å². The van der Waals surface area contributed by atoms with Gasteiger partial charge in [0.1, 0.15) is 16.5 Å². The van der Waals surface area contributed by atoms with Crippen molar-refractivity contribution in [2.24, 2.45) is 5.73 Å². The second kappa shape index (κ2) is 8.24. The molecule has 0 radical (unpaired) electrons. The lowest BCUT2D eigenvalue weighted by Gasteiger charge is -2.38. The predicted octanol–water partition coefficient (Wildman–Crippen LogP) is 5.17. The number of anilines is 1. The Bertz CT molecular complexity index is 1520. The first-order valence-corrected chi connectivity index (χ1v) is 12.4. The molecular formula is C26H20ClN3O3S. The highest BCUT2D eigenvalue weighted by atomic mass is 35.5. The zero-order valence-electron chi connectivity index (χ0n) is 18.2. The molecule has 5 rings (SSSR count). The van der Waals surface area contributed by atoms with E-state index in [-0.39, 0.29) is 28.7 Å². The molecule has 2 heterocycles. The van der Waals surface area contributed by atoms with Crippen LogP contribution in [-0.4, -0.2) is 8.42 Å². The molecular weight excluding hydrogens is 470 g/mol. The third-order valence-electron chi connectivity index (χ3n) is 5.97. The molecule has 2 N–H and O–H groups in total. The van der Waals surface area contributed by atoms with Gasteiger partial charge in [0.05, 0.1) is 18.2 Å². The van der Waals surface area contributed by atoms with Crippen molar-refractivity contribution >= 4 is 33.1 Å². The molecule has 0 fully saturated rings. The van der Waals surface area contributed by atoms with Gasteiger partial charge in [0.25, 0.3) is 10.0 Å². The Kier molecular flexibility index (Phi) is 5.35. The minimum Gasteiger partial charge on any atom is -0.439 e. The summed E-state index contributed by atoms with van der Waals surface area (Å²) in [6, 6.07) is 23.6. The number of ether oxygens (including phenoxy) is 1. The molecule has 34 heavy (non-hydrogen) atoms. The van der Waals surface area contributed by atoms with Crippen molar-refractivity contribution in [3.8, 4) is 6.07 Å².